The molecule has 3 aliphatic heterocycles. The lowest BCUT2D eigenvalue weighted by Gasteiger charge is -2.32. The van der Waals surface area contributed by atoms with Crippen molar-refractivity contribution in [2.45, 2.75) is 84.0 Å². The van der Waals surface area contributed by atoms with Gasteiger partial charge in [0.1, 0.15) is 5.75 Å². The molecule has 0 N–H and O–H groups in total. The number of nitrogens with zero attached hydrogens (tertiary/aromatic N) is 2. The van der Waals surface area contributed by atoms with Crippen LogP contribution in [-0.4, -0.2) is 46.4 Å². The highest BCUT2D eigenvalue weighted by molar-refractivity contribution is 6.62. The van der Waals surface area contributed by atoms with E-state index < -0.39 is 31.7 Å². The van der Waals surface area contributed by atoms with Crippen LogP contribution in [0.25, 0.3) is 22.5 Å². The molecule has 3 aromatic carbocycles. The number of hydrogen-bond donors (Lipinski definition) is 0. The first kappa shape index (κ1) is 28.4. The third-order valence-electron chi connectivity index (χ3n) is 9.82. The Bertz CT molecular complexity index is 1650. The smallest absolute Gasteiger partial charge is 0.464 e. The molecule has 1 atom stereocenters. The Morgan fingerprint density at radius 1 is 0.628 bits per heavy atom. The molecule has 4 heterocycles. The van der Waals surface area contributed by atoms with Crippen LogP contribution in [0.2, 0.25) is 0 Å². The first-order valence-corrected chi connectivity index (χ1v) is 15.0. The van der Waals surface area contributed by atoms with E-state index in [0.717, 1.165) is 44.8 Å². The van der Waals surface area contributed by atoms with Crippen LogP contribution in [0.3, 0.4) is 0 Å². The zero-order chi connectivity index (χ0) is 30.4. The molecule has 1 aromatic heterocycles. The molecule has 0 radical (unpaired) electrons. The summed E-state index contributed by atoms with van der Waals surface area (Å²) in [7, 11) is -0.880. The van der Waals surface area contributed by atoms with E-state index in [9.17, 15) is 0 Å². The molecular weight excluding hydrogens is 538 g/mol. The van der Waals surface area contributed by atoms with Crippen molar-refractivity contribution in [2.24, 2.45) is 0 Å². The van der Waals surface area contributed by atoms with Gasteiger partial charge in [0.25, 0.3) is 0 Å². The fourth-order valence-corrected chi connectivity index (χ4v) is 5.68. The lowest BCUT2D eigenvalue weighted by molar-refractivity contribution is 0.00578. The van der Waals surface area contributed by atoms with Crippen LogP contribution in [0.15, 0.2) is 78.9 Å². The molecule has 3 aliphatic rings. The number of aromatic nitrogens is 2. The number of rotatable bonds is 4. The Morgan fingerprint density at radius 2 is 1.16 bits per heavy atom. The average Bonchev–Trinajstić information content (AvgIpc) is 3.57. The largest absolute Gasteiger partial charge is 0.494 e. The van der Waals surface area contributed by atoms with Crippen molar-refractivity contribution in [2.75, 3.05) is 0 Å². The molecule has 0 amide bonds. The van der Waals surface area contributed by atoms with Gasteiger partial charge in [0.05, 0.1) is 33.8 Å². The van der Waals surface area contributed by atoms with E-state index in [-0.39, 0.29) is 11.2 Å². The van der Waals surface area contributed by atoms with E-state index in [1.807, 2.05) is 28.9 Å². The van der Waals surface area contributed by atoms with Crippen molar-refractivity contribution >= 4 is 25.2 Å². The van der Waals surface area contributed by atoms with Crippen molar-refractivity contribution in [3.05, 3.63) is 84.4 Å². The minimum atomic E-state index is -0.473. The number of ether oxygens (including phenoxy) is 1. The van der Waals surface area contributed by atoms with E-state index in [1.165, 1.54) is 0 Å². The van der Waals surface area contributed by atoms with Crippen LogP contribution >= 0.6 is 0 Å². The minimum Gasteiger partial charge on any atom is -0.464 e. The summed E-state index contributed by atoms with van der Waals surface area (Å²) in [6, 6.07) is 26.8. The van der Waals surface area contributed by atoms with Crippen molar-refractivity contribution in [1.29, 1.82) is 0 Å². The zero-order valence-corrected chi connectivity index (χ0v) is 26.2. The molecule has 0 spiro atoms. The quantitative estimate of drug-likeness (QED) is 0.288. The maximum atomic E-state index is 6.68. The predicted molar refractivity (Wildman–Crippen MR) is 170 cm³/mol. The van der Waals surface area contributed by atoms with Crippen molar-refractivity contribution in [3.63, 3.8) is 0 Å². The normalized spacial score (nSPS) is 22.7. The summed E-state index contributed by atoms with van der Waals surface area (Å²) in [6.07, 6.45) is -0.421. The molecule has 2 saturated heterocycles. The monoisotopic (exact) mass is 576 g/mol. The van der Waals surface area contributed by atoms with E-state index in [2.05, 4.69) is 110 Å². The molecule has 1 unspecified atom stereocenters. The van der Waals surface area contributed by atoms with E-state index in [1.54, 1.807) is 0 Å². The summed E-state index contributed by atoms with van der Waals surface area (Å²) < 4.78 is 33.8. The summed E-state index contributed by atoms with van der Waals surface area (Å²) in [5.74, 6) is 0.774. The summed E-state index contributed by atoms with van der Waals surface area (Å²) >= 11 is 0. The van der Waals surface area contributed by atoms with Gasteiger partial charge in [0.2, 0.25) is 6.23 Å². The van der Waals surface area contributed by atoms with E-state index in [0.29, 0.717) is 0 Å². The predicted octanol–water partition coefficient (Wildman–Crippen LogP) is 5.75. The molecule has 2 fully saturated rings. The van der Waals surface area contributed by atoms with Gasteiger partial charge >= 0.3 is 14.2 Å². The lowest BCUT2D eigenvalue weighted by atomic mass is 9.78. The minimum absolute atomic E-state index is 0.388. The number of hydrogen-bond acceptors (Lipinski definition) is 6. The molecule has 0 saturated carbocycles. The number of fused-ring (bicyclic) bond motifs is 3. The molecule has 0 bridgehead atoms. The van der Waals surface area contributed by atoms with Gasteiger partial charge in [-0.3, -0.25) is 0 Å². The summed E-state index contributed by atoms with van der Waals surface area (Å²) in [5, 5.41) is 5.07. The maximum Gasteiger partial charge on any atom is 0.494 e. The lowest BCUT2D eigenvalue weighted by Crippen LogP contribution is -2.41. The van der Waals surface area contributed by atoms with Crippen LogP contribution in [-0.2, 0) is 18.6 Å². The second-order valence-electron chi connectivity index (χ2n) is 13.8. The number of benzene rings is 3. The summed E-state index contributed by atoms with van der Waals surface area (Å²) in [4.78, 5) is 0. The first-order chi connectivity index (χ1) is 20.2. The molecule has 4 aromatic rings. The first-order valence-electron chi connectivity index (χ1n) is 15.0. The molecule has 9 heteroatoms. The van der Waals surface area contributed by atoms with Gasteiger partial charge in [-0.2, -0.15) is 5.10 Å². The Morgan fingerprint density at radius 3 is 1.74 bits per heavy atom. The fraction of sp³-hybridized carbons (Fsp3) is 0.382. The van der Waals surface area contributed by atoms with Gasteiger partial charge < -0.3 is 23.4 Å². The summed E-state index contributed by atoms with van der Waals surface area (Å²) in [5.41, 5.74) is 5.13. The highest BCUT2D eigenvalue weighted by Crippen LogP contribution is 2.43. The van der Waals surface area contributed by atoms with E-state index in [4.69, 9.17) is 28.5 Å². The second kappa shape index (κ2) is 9.57. The van der Waals surface area contributed by atoms with Crippen LogP contribution in [0, 0.1) is 0 Å². The molecule has 43 heavy (non-hydrogen) atoms. The van der Waals surface area contributed by atoms with Gasteiger partial charge in [-0.05, 0) is 84.5 Å². The average molecular weight is 576 g/mol. The molecular formula is C34H38B2N2O5. The van der Waals surface area contributed by atoms with Crippen LogP contribution in [0.5, 0.6) is 5.75 Å². The highest BCUT2D eigenvalue weighted by atomic mass is 16.7. The van der Waals surface area contributed by atoms with E-state index >= 15 is 0 Å². The molecule has 0 aliphatic carbocycles. The highest BCUT2D eigenvalue weighted by Gasteiger charge is 2.53. The molecule has 220 valence electrons. The standard InChI is InChI=1S/C34H38B2N2O5/c1-31(2)32(3,4)41-35(40-31)24-16-14-22(15-17-24)27-21-28-26-19-18-25(36-42-33(5,6)34(7,8)43-36)20-29(26)39-30(38(28)37-27)23-12-10-9-11-13-23/h9-21,30H,1-8H3. The van der Waals surface area contributed by atoms with Crippen LogP contribution in [0.4, 0.5) is 0 Å². The molecule has 7 rings (SSSR count). The van der Waals surface area contributed by atoms with Crippen molar-refractivity contribution in [1.82, 2.24) is 9.78 Å². The van der Waals surface area contributed by atoms with Gasteiger partial charge in [-0.15, -0.1) is 0 Å². The van der Waals surface area contributed by atoms with Gasteiger partial charge in [0, 0.05) is 16.7 Å². The van der Waals surface area contributed by atoms with Gasteiger partial charge in [-0.1, -0.05) is 60.7 Å². The Labute approximate surface area is 254 Å². The van der Waals surface area contributed by atoms with Crippen LogP contribution < -0.4 is 15.7 Å². The second-order valence-corrected chi connectivity index (χ2v) is 13.8. The fourth-order valence-electron chi connectivity index (χ4n) is 5.68. The van der Waals surface area contributed by atoms with Crippen molar-refractivity contribution in [3.8, 4) is 28.3 Å². The van der Waals surface area contributed by atoms with Gasteiger partial charge in [0.15, 0.2) is 0 Å². The zero-order valence-electron chi connectivity index (χ0n) is 26.2. The summed E-state index contributed by atoms with van der Waals surface area (Å²) in [6.45, 7) is 16.5. The maximum absolute atomic E-state index is 6.68. The molecule has 7 nitrogen and oxygen atoms in total. The Kier molecular flexibility index (Phi) is 6.32. The van der Waals surface area contributed by atoms with Crippen molar-refractivity contribution < 1.29 is 23.4 Å². The third kappa shape index (κ3) is 4.65. The topological polar surface area (TPSA) is 64.0 Å². The Hall–Kier alpha value is -3.36. The van der Waals surface area contributed by atoms with Crippen LogP contribution in [0.1, 0.15) is 67.2 Å². The third-order valence-corrected chi connectivity index (χ3v) is 9.82. The SMILES string of the molecule is CC1(C)OB(c2ccc(-c3cc4n(n3)C(c3ccccc3)Oc3cc(B5OC(C)(C)C(C)(C)O5)ccc3-4)cc2)OC1(C)C. The van der Waals surface area contributed by atoms with Gasteiger partial charge in [-0.25, -0.2) is 4.68 Å². The Balaban J connectivity index is 1.24.